The van der Waals surface area contributed by atoms with Crippen molar-refractivity contribution >= 4 is 11.9 Å². The molecule has 1 aliphatic rings. The molecule has 16 heavy (non-hydrogen) atoms. The predicted octanol–water partition coefficient (Wildman–Crippen LogP) is 1.31. The Morgan fingerprint density at radius 2 is 1.75 bits per heavy atom. The van der Waals surface area contributed by atoms with Crippen molar-refractivity contribution in [3.05, 3.63) is 17.7 Å². The fourth-order valence-electron chi connectivity index (χ4n) is 1.37. The molecule has 1 aliphatic heterocycles. The summed E-state index contributed by atoms with van der Waals surface area (Å²) in [6.45, 7) is 1.66. The van der Waals surface area contributed by atoms with Gasteiger partial charge in [-0.3, -0.25) is 9.59 Å². The molecule has 0 atom stereocenters. The highest BCUT2D eigenvalue weighted by molar-refractivity contribution is 5.83. The molecule has 0 aliphatic carbocycles. The predicted molar refractivity (Wildman–Crippen MR) is 53.3 cm³/mol. The van der Waals surface area contributed by atoms with E-state index >= 15 is 0 Å². The van der Waals surface area contributed by atoms with Crippen molar-refractivity contribution in [2.75, 3.05) is 0 Å². The van der Waals surface area contributed by atoms with Crippen LogP contribution < -0.4 is 9.47 Å². The maximum atomic E-state index is 11.3. The van der Waals surface area contributed by atoms with Crippen molar-refractivity contribution < 1.29 is 24.2 Å². The van der Waals surface area contributed by atoms with Crippen LogP contribution in [-0.2, 0) is 9.59 Å². The van der Waals surface area contributed by atoms with Gasteiger partial charge in [0.1, 0.15) is 0 Å². The fraction of sp³-hybridized carbons (Fsp3) is 0.273. The maximum Gasteiger partial charge on any atom is 0.312 e. The number of aryl methyl sites for hydroxylation is 1. The largest absolute Gasteiger partial charge is 0.504 e. The van der Waals surface area contributed by atoms with E-state index in [4.69, 9.17) is 9.47 Å². The second kappa shape index (κ2) is 3.84. The van der Waals surface area contributed by atoms with Crippen LogP contribution in [0.5, 0.6) is 17.2 Å². The monoisotopic (exact) mass is 222 g/mol. The zero-order valence-electron chi connectivity index (χ0n) is 8.65. The molecular weight excluding hydrogens is 212 g/mol. The van der Waals surface area contributed by atoms with Crippen molar-refractivity contribution in [3.63, 3.8) is 0 Å². The summed E-state index contributed by atoms with van der Waals surface area (Å²) in [6, 6.07) is 3.07. The number of esters is 2. The lowest BCUT2D eigenvalue weighted by atomic mass is 10.2. The van der Waals surface area contributed by atoms with Gasteiger partial charge in [0.2, 0.25) is 5.75 Å². The first-order valence-corrected chi connectivity index (χ1v) is 4.82. The van der Waals surface area contributed by atoms with Crippen LogP contribution in [0, 0.1) is 6.92 Å². The lowest BCUT2D eigenvalue weighted by Gasteiger charge is -2.15. The van der Waals surface area contributed by atoms with Crippen LogP contribution in [0.15, 0.2) is 12.1 Å². The quantitative estimate of drug-likeness (QED) is 0.529. The molecule has 0 radical (unpaired) electrons. The number of carbonyl (C=O) groups is 2. The highest BCUT2D eigenvalue weighted by Gasteiger charge is 2.22. The van der Waals surface area contributed by atoms with E-state index in [1.54, 1.807) is 13.0 Å². The van der Waals surface area contributed by atoms with Crippen LogP contribution in [0.1, 0.15) is 18.4 Å². The van der Waals surface area contributed by atoms with Crippen molar-refractivity contribution in [1.29, 1.82) is 0 Å². The van der Waals surface area contributed by atoms with Crippen LogP contribution in [0.25, 0.3) is 0 Å². The van der Waals surface area contributed by atoms with E-state index in [2.05, 4.69) is 0 Å². The second-order valence-corrected chi connectivity index (χ2v) is 3.51. The molecule has 2 rings (SSSR count). The molecule has 0 fully saturated rings. The van der Waals surface area contributed by atoms with Gasteiger partial charge in [0, 0.05) is 0 Å². The minimum absolute atomic E-state index is 0.0209. The van der Waals surface area contributed by atoms with Gasteiger partial charge in [-0.15, -0.1) is 0 Å². The van der Waals surface area contributed by atoms with Crippen LogP contribution in [0.2, 0.25) is 0 Å². The Labute approximate surface area is 91.6 Å². The van der Waals surface area contributed by atoms with E-state index in [0.29, 0.717) is 5.56 Å². The third-order valence-electron chi connectivity index (χ3n) is 2.27. The topological polar surface area (TPSA) is 72.8 Å². The normalized spacial score (nSPS) is 15.6. The van der Waals surface area contributed by atoms with E-state index in [0.717, 1.165) is 0 Å². The number of aromatic hydroxyl groups is 1. The smallest absolute Gasteiger partial charge is 0.312 e. The molecule has 0 saturated carbocycles. The summed E-state index contributed by atoms with van der Waals surface area (Å²) in [6.07, 6.45) is -0.0709. The van der Waals surface area contributed by atoms with E-state index in [1.165, 1.54) is 6.07 Å². The number of ether oxygens (including phenoxy) is 2. The molecule has 0 amide bonds. The minimum atomic E-state index is -0.557. The summed E-state index contributed by atoms with van der Waals surface area (Å²) in [5.41, 5.74) is 0.545. The Balaban J connectivity index is 2.51. The molecule has 1 N–H and O–H groups in total. The highest BCUT2D eigenvalue weighted by atomic mass is 16.6. The second-order valence-electron chi connectivity index (χ2n) is 3.51. The molecule has 1 heterocycles. The van der Waals surface area contributed by atoms with Crippen molar-refractivity contribution in [3.8, 4) is 17.2 Å². The highest BCUT2D eigenvalue weighted by Crippen LogP contribution is 2.40. The van der Waals surface area contributed by atoms with Crippen LogP contribution in [0.3, 0.4) is 0 Å². The summed E-state index contributed by atoms with van der Waals surface area (Å²) >= 11 is 0. The third kappa shape index (κ3) is 1.84. The van der Waals surface area contributed by atoms with Crippen molar-refractivity contribution in [2.24, 2.45) is 0 Å². The molecule has 0 bridgehead atoms. The molecule has 0 saturated heterocycles. The van der Waals surface area contributed by atoms with Crippen LogP contribution >= 0.6 is 0 Å². The number of phenols is 1. The van der Waals surface area contributed by atoms with E-state index < -0.39 is 11.9 Å². The SMILES string of the molecule is Cc1ccc2c(c1O)OC(=O)CCC(=O)O2. The van der Waals surface area contributed by atoms with Gasteiger partial charge in [-0.2, -0.15) is 0 Å². The van der Waals surface area contributed by atoms with Crippen molar-refractivity contribution in [1.82, 2.24) is 0 Å². The number of carbonyl (C=O) groups excluding carboxylic acids is 2. The van der Waals surface area contributed by atoms with Crippen LogP contribution in [-0.4, -0.2) is 17.0 Å². The van der Waals surface area contributed by atoms with Gasteiger partial charge in [-0.25, -0.2) is 0 Å². The van der Waals surface area contributed by atoms with Gasteiger partial charge < -0.3 is 14.6 Å². The van der Waals surface area contributed by atoms with Gasteiger partial charge in [0.05, 0.1) is 12.8 Å². The summed E-state index contributed by atoms with van der Waals surface area (Å²) in [7, 11) is 0. The van der Waals surface area contributed by atoms with Gasteiger partial charge >= 0.3 is 11.9 Å². The van der Waals surface area contributed by atoms with E-state index in [1.807, 2.05) is 0 Å². The first kappa shape index (κ1) is 10.5. The molecule has 1 aromatic carbocycles. The summed E-state index contributed by atoms with van der Waals surface area (Å²) in [5.74, 6) is -1.26. The van der Waals surface area contributed by atoms with E-state index in [9.17, 15) is 14.7 Å². The molecule has 84 valence electrons. The number of benzene rings is 1. The Kier molecular flexibility index (Phi) is 2.52. The summed E-state index contributed by atoms with van der Waals surface area (Å²) < 4.78 is 9.88. The Morgan fingerprint density at radius 3 is 2.44 bits per heavy atom. The molecule has 0 spiro atoms. The number of rotatable bonds is 0. The number of phenolic OH excluding ortho intramolecular Hbond substituents is 1. The zero-order chi connectivity index (χ0) is 11.7. The Morgan fingerprint density at radius 1 is 1.12 bits per heavy atom. The molecule has 5 nitrogen and oxygen atoms in total. The first-order chi connectivity index (χ1) is 7.58. The van der Waals surface area contributed by atoms with Crippen LogP contribution in [0.4, 0.5) is 0 Å². The average Bonchev–Trinajstić information content (AvgIpc) is 2.24. The molecule has 1 aromatic rings. The van der Waals surface area contributed by atoms with Crippen molar-refractivity contribution in [2.45, 2.75) is 19.8 Å². The van der Waals surface area contributed by atoms with Gasteiger partial charge in [0.25, 0.3) is 0 Å². The zero-order valence-corrected chi connectivity index (χ0v) is 8.65. The van der Waals surface area contributed by atoms with Gasteiger partial charge in [0.15, 0.2) is 11.5 Å². The molecule has 0 aromatic heterocycles. The van der Waals surface area contributed by atoms with Gasteiger partial charge in [-0.1, -0.05) is 6.07 Å². The number of hydrogen-bond acceptors (Lipinski definition) is 5. The Hall–Kier alpha value is -2.04. The third-order valence-corrected chi connectivity index (χ3v) is 2.27. The standard InChI is InChI=1S/C11H10O5/c1-6-2-3-7-11(10(6)14)16-9(13)5-4-8(12)15-7/h2-3,14H,4-5H2,1H3. The number of hydrogen-bond donors (Lipinski definition) is 1. The molecular formula is C11H10O5. The minimum Gasteiger partial charge on any atom is -0.504 e. The average molecular weight is 222 g/mol. The molecule has 5 heteroatoms. The lowest BCUT2D eigenvalue weighted by molar-refractivity contribution is -0.142. The molecule has 0 unspecified atom stereocenters. The fourth-order valence-corrected chi connectivity index (χ4v) is 1.37. The number of fused-ring (bicyclic) bond motifs is 1. The lowest BCUT2D eigenvalue weighted by Crippen LogP contribution is -2.18. The van der Waals surface area contributed by atoms with Gasteiger partial charge in [-0.05, 0) is 18.6 Å². The maximum absolute atomic E-state index is 11.3. The first-order valence-electron chi connectivity index (χ1n) is 4.82. The summed E-state index contributed by atoms with van der Waals surface area (Å²) in [4.78, 5) is 22.5. The summed E-state index contributed by atoms with van der Waals surface area (Å²) in [5, 5.41) is 9.70. The van der Waals surface area contributed by atoms with E-state index in [-0.39, 0.29) is 30.1 Å². The Bertz CT molecular complexity index is 464.